The first-order valence-corrected chi connectivity index (χ1v) is 7.64. The van der Waals surface area contributed by atoms with Crippen LogP contribution in [0, 0.1) is 6.92 Å². The maximum absolute atomic E-state index is 12.9. The highest BCUT2D eigenvalue weighted by molar-refractivity contribution is 5.93. The second-order valence-corrected chi connectivity index (χ2v) is 5.93. The molecular formula is C14H17F3N6O2. The van der Waals surface area contributed by atoms with Crippen molar-refractivity contribution in [3.63, 3.8) is 0 Å². The Bertz CT molecular complexity index is 756. The third kappa shape index (κ3) is 3.50. The van der Waals surface area contributed by atoms with Gasteiger partial charge in [-0.1, -0.05) is 0 Å². The third-order valence-electron chi connectivity index (χ3n) is 4.11. The molecule has 3 heterocycles. The minimum absolute atomic E-state index is 0.118. The molecule has 0 spiro atoms. The van der Waals surface area contributed by atoms with Crippen molar-refractivity contribution in [3.05, 3.63) is 29.1 Å². The molecule has 1 amide bonds. The minimum atomic E-state index is -4.65. The Morgan fingerprint density at radius 3 is 2.84 bits per heavy atom. The number of hydrogen-bond donors (Lipinski definition) is 2. The van der Waals surface area contributed by atoms with Gasteiger partial charge in [0.2, 0.25) is 0 Å². The molecule has 1 aliphatic rings. The van der Waals surface area contributed by atoms with E-state index in [0.717, 1.165) is 0 Å². The van der Waals surface area contributed by atoms with Crippen molar-refractivity contribution in [2.45, 2.75) is 31.5 Å². The van der Waals surface area contributed by atoms with Crippen molar-refractivity contribution < 1.29 is 22.7 Å². The third-order valence-corrected chi connectivity index (χ3v) is 4.11. The maximum atomic E-state index is 12.9. The monoisotopic (exact) mass is 358 g/mol. The molecular weight excluding hydrogens is 341 g/mol. The summed E-state index contributed by atoms with van der Waals surface area (Å²) in [5.74, 6) is 0.324. The highest BCUT2D eigenvalue weighted by Gasteiger charge is 2.39. The Hall–Kier alpha value is -2.43. The predicted octanol–water partition coefficient (Wildman–Crippen LogP) is 1.50. The fraction of sp³-hybridized carbons (Fsp3) is 0.571. The van der Waals surface area contributed by atoms with Crippen LogP contribution in [0.25, 0.3) is 0 Å². The Labute approximate surface area is 140 Å². The van der Waals surface area contributed by atoms with Crippen LogP contribution >= 0.6 is 0 Å². The first-order chi connectivity index (χ1) is 11.8. The molecule has 3 rings (SSSR count). The van der Waals surface area contributed by atoms with Crippen LogP contribution in [0.15, 0.2) is 6.20 Å². The smallest absolute Gasteiger partial charge is 0.376 e. The van der Waals surface area contributed by atoms with E-state index in [1.807, 2.05) is 0 Å². The number of amides is 1. The van der Waals surface area contributed by atoms with Crippen LogP contribution in [0.2, 0.25) is 0 Å². The quantitative estimate of drug-likeness (QED) is 0.863. The number of H-pyrrole nitrogens is 2. The molecule has 2 aromatic heterocycles. The lowest BCUT2D eigenvalue weighted by Gasteiger charge is -2.23. The number of hydrogen-bond acceptors (Lipinski definition) is 5. The lowest BCUT2D eigenvalue weighted by atomic mass is 10.0. The summed E-state index contributed by atoms with van der Waals surface area (Å²) >= 11 is 0. The van der Waals surface area contributed by atoms with Crippen LogP contribution in [0.4, 0.5) is 13.2 Å². The standard InChI is InChI=1S/C14H17F3N6O2/c1-7-19-12(22-20-7)8-3-4-25-10(8)6-23(2)13(24)11-9(5-18-21-11)14(15,16)17/h5,8,10H,3-4,6H2,1-2H3,(H,18,21)(H,19,20,22)/t8-,10-/m1/s1. The Morgan fingerprint density at radius 2 is 2.20 bits per heavy atom. The number of nitrogens with one attached hydrogen (secondary N) is 2. The summed E-state index contributed by atoms with van der Waals surface area (Å²) in [5, 5.41) is 12.3. The summed E-state index contributed by atoms with van der Waals surface area (Å²) in [5.41, 5.74) is -1.67. The molecule has 2 N–H and O–H groups in total. The molecule has 8 nitrogen and oxygen atoms in total. The topological polar surface area (TPSA) is 99.8 Å². The number of ether oxygens (including phenoxy) is 1. The number of aromatic nitrogens is 5. The van der Waals surface area contributed by atoms with Crippen LogP contribution in [-0.4, -0.2) is 62.5 Å². The number of nitrogens with zero attached hydrogens (tertiary/aromatic N) is 4. The molecule has 0 aromatic carbocycles. The van der Waals surface area contributed by atoms with Gasteiger partial charge in [-0.05, 0) is 13.3 Å². The van der Waals surface area contributed by atoms with E-state index in [4.69, 9.17) is 4.74 Å². The van der Waals surface area contributed by atoms with E-state index in [1.54, 1.807) is 6.92 Å². The highest BCUT2D eigenvalue weighted by atomic mass is 19.4. The van der Waals surface area contributed by atoms with Gasteiger partial charge in [-0.3, -0.25) is 15.0 Å². The lowest BCUT2D eigenvalue weighted by Crippen LogP contribution is -2.37. The second kappa shape index (κ2) is 6.47. The number of carbonyl (C=O) groups is 1. The molecule has 0 unspecified atom stereocenters. The van der Waals surface area contributed by atoms with Gasteiger partial charge in [0.05, 0.1) is 18.2 Å². The van der Waals surface area contributed by atoms with E-state index in [2.05, 4.69) is 25.4 Å². The van der Waals surface area contributed by atoms with Crippen LogP contribution in [0.3, 0.4) is 0 Å². The first kappa shape index (κ1) is 17.4. The molecule has 1 aliphatic heterocycles. The normalized spacial score (nSPS) is 20.8. The van der Waals surface area contributed by atoms with E-state index in [1.165, 1.54) is 11.9 Å². The Morgan fingerprint density at radius 1 is 1.44 bits per heavy atom. The van der Waals surface area contributed by atoms with Crippen LogP contribution in [0.5, 0.6) is 0 Å². The first-order valence-electron chi connectivity index (χ1n) is 7.64. The Balaban J connectivity index is 1.72. The molecule has 1 fully saturated rings. The number of aromatic amines is 2. The van der Waals surface area contributed by atoms with Crippen molar-refractivity contribution in [2.24, 2.45) is 0 Å². The number of aryl methyl sites for hydroxylation is 1. The molecule has 0 aliphatic carbocycles. The number of carbonyl (C=O) groups excluding carboxylic acids is 1. The number of rotatable bonds is 4. The summed E-state index contributed by atoms with van der Waals surface area (Å²) in [7, 11) is 1.42. The molecule has 2 atom stereocenters. The minimum Gasteiger partial charge on any atom is -0.376 e. The maximum Gasteiger partial charge on any atom is 0.420 e. The van der Waals surface area contributed by atoms with Gasteiger partial charge in [0, 0.05) is 20.2 Å². The van der Waals surface area contributed by atoms with Crippen LogP contribution in [-0.2, 0) is 10.9 Å². The van der Waals surface area contributed by atoms with E-state index < -0.39 is 23.3 Å². The van der Waals surface area contributed by atoms with Gasteiger partial charge in [-0.15, -0.1) is 0 Å². The van der Waals surface area contributed by atoms with Crippen LogP contribution < -0.4 is 0 Å². The average molecular weight is 358 g/mol. The molecule has 0 saturated carbocycles. The van der Waals surface area contributed by atoms with Crippen molar-refractivity contribution >= 4 is 5.91 Å². The summed E-state index contributed by atoms with van der Waals surface area (Å²) in [6.45, 7) is 2.37. The van der Waals surface area contributed by atoms with E-state index >= 15 is 0 Å². The largest absolute Gasteiger partial charge is 0.420 e. The van der Waals surface area contributed by atoms with Gasteiger partial charge in [-0.2, -0.15) is 23.4 Å². The van der Waals surface area contributed by atoms with Gasteiger partial charge in [0.15, 0.2) is 5.82 Å². The van der Waals surface area contributed by atoms with Crippen molar-refractivity contribution in [1.82, 2.24) is 30.3 Å². The van der Waals surface area contributed by atoms with Gasteiger partial charge in [0.1, 0.15) is 17.1 Å². The van der Waals surface area contributed by atoms with E-state index in [-0.39, 0.29) is 18.6 Å². The fourth-order valence-electron chi connectivity index (χ4n) is 2.86. The second-order valence-electron chi connectivity index (χ2n) is 5.93. The summed E-state index contributed by atoms with van der Waals surface area (Å²) in [6, 6.07) is 0. The molecule has 0 bridgehead atoms. The van der Waals surface area contributed by atoms with Crippen LogP contribution in [0.1, 0.15) is 40.0 Å². The van der Waals surface area contributed by atoms with E-state index in [9.17, 15) is 18.0 Å². The zero-order chi connectivity index (χ0) is 18.2. The van der Waals surface area contributed by atoms with E-state index in [0.29, 0.717) is 30.9 Å². The fourth-order valence-corrected chi connectivity index (χ4v) is 2.86. The SMILES string of the molecule is Cc1nc([C@@H]2CCO[C@@H]2CN(C)C(=O)c2[nH]ncc2C(F)(F)F)n[nH]1. The number of likely N-dealkylation sites (N-methyl/N-ethyl adjacent to an activating group) is 1. The predicted molar refractivity (Wildman–Crippen MR) is 78.8 cm³/mol. The molecule has 2 aromatic rings. The highest BCUT2D eigenvalue weighted by Crippen LogP contribution is 2.32. The van der Waals surface area contributed by atoms with Crippen molar-refractivity contribution in [1.29, 1.82) is 0 Å². The molecule has 1 saturated heterocycles. The zero-order valence-electron chi connectivity index (χ0n) is 13.6. The molecule has 25 heavy (non-hydrogen) atoms. The Kier molecular flexibility index (Phi) is 4.50. The lowest BCUT2D eigenvalue weighted by molar-refractivity contribution is -0.138. The average Bonchev–Trinajstić information content (AvgIpc) is 3.24. The molecule has 11 heteroatoms. The molecule has 0 radical (unpaired) electrons. The number of alkyl halides is 3. The summed E-state index contributed by atoms with van der Waals surface area (Å²) < 4.78 is 44.4. The van der Waals surface area contributed by atoms with Gasteiger partial charge < -0.3 is 9.64 Å². The summed E-state index contributed by atoms with van der Waals surface area (Å²) in [6.07, 6.45) is -3.75. The van der Waals surface area contributed by atoms with Crippen molar-refractivity contribution in [3.8, 4) is 0 Å². The summed E-state index contributed by atoms with van der Waals surface area (Å²) in [4.78, 5) is 17.8. The number of halogens is 3. The van der Waals surface area contributed by atoms with Gasteiger partial charge in [0.25, 0.3) is 5.91 Å². The van der Waals surface area contributed by atoms with Gasteiger partial charge >= 0.3 is 6.18 Å². The zero-order valence-corrected chi connectivity index (χ0v) is 13.6. The van der Waals surface area contributed by atoms with Crippen molar-refractivity contribution in [2.75, 3.05) is 20.2 Å². The molecule has 136 valence electrons. The van der Waals surface area contributed by atoms with Gasteiger partial charge in [-0.25, -0.2) is 4.98 Å².